The fourth-order valence-electron chi connectivity index (χ4n) is 4.11. The number of hydrogen-bond donors (Lipinski definition) is 2. The number of aromatic hydroxyl groups is 1. The van der Waals surface area contributed by atoms with Gasteiger partial charge in [0.2, 0.25) is 5.43 Å². The molecule has 1 saturated heterocycles. The van der Waals surface area contributed by atoms with Gasteiger partial charge in [0.05, 0.1) is 6.54 Å². The third-order valence-electron chi connectivity index (χ3n) is 5.70. The van der Waals surface area contributed by atoms with Gasteiger partial charge < -0.3 is 19.9 Å². The molecule has 0 aliphatic carbocycles. The maximum absolute atomic E-state index is 13.0. The predicted molar refractivity (Wildman–Crippen MR) is 107 cm³/mol. The van der Waals surface area contributed by atoms with E-state index in [1.54, 1.807) is 4.90 Å². The molecule has 2 aliphatic rings. The van der Waals surface area contributed by atoms with Crippen LogP contribution in [0.15, 0.2) is 35.3 Å². The second-order valence-electron chi connectivity index (χ2n) is 7.84. The summed E-state index contributed by atoms with van der Waals surface area (Å²) >= 11 is 0. The lowest BCUT2D eigenvalue weighted by Gasteiger charge is -2.37. The average Bonchev–Trinajstić information content (AvgIpc) is 3.14. The number of fused-ring (bicyclic) bond motifs is 2. The predicted octanol–water partition coefficient (Wildman–Crippen LogP) is 1.13. The van der Waals surface area contributed by atoms with Gasteiger partial charge in [-0.05, 0) is 31.5 Å². The summed E-state index contributed by atoms with van der Waals surface area (Å²) < 4.78 is 14.5. The van der Waals surface area contributed by atoms with Gasteiger partial charge in [-0.2, -0.15) is 0 Å². The number of hydrogen-bond acceptors (Lipinski definition) is 5. The molecule has 0 spiro atoms. The Morgan fingerprint density at radius 2 is 1.93 bits per heavy atom. The first-order valence-electron chi connectivity index (χ1n) is 9.83. The number of nitrogens with zero attached hydrogens (tertiary/aromatic N) is 3. The van der Waals surface area contributed by atoms with Crippen LogP contribution in [0.3, 0.4) is 0 Å². The Balaban J connectivity index is 1.62. The molecule has 0 saturated carbocycles. The van der Waals surface area contributed by atoms with Gasteiger partial charge >= 0.3 is 0 Å². The van der Waals surface area contributed by atoms with Gasteiger partial charge in [0.15, 0.2) is 11.4 Å². The molecule has 2 aliphatic heterocycles. The summed E-state index contributed by atoms with van der Waals surface area (Å²) in [5.74, 6) is -2.18. The number of benzene rings is 1. The van der Waals surface area contributed by atoms with E-state index in [4.69, 9.17) is 0 Å². The fraction of sp³-hybridized carbons (Fsp3) is 0.381. The Morgan fingerprint density at radius 3 is 2.60 bits per heavy atom. The van der Waals surface area contributed by atoms with Crippen LogP contribution in [0.1, 0.15) is 40.3 Å². The fourth-order valence-corrected chi connectivity index (χ4v) is 4.11. The summed E-state index contributed by atoms with van der Waals surface area (Å²) in [6.07, 6.45) is 1.14. The van der Waals surface area contributed by atoms with E-state index in [9.17, 15) is 23.9 Å². The van der Waals surface area contributed by atoms with Crippen LogP contribution in [0.4, 0.5) is 4.39 Å². The molecule has 30 heavy (non-hydrogen) atoms. The van der Waals surface area contributed by atoms with E-state index in [1.165, 1.54) is 35.0 Å². The van der Waals surface area contributed by atoms with Gasteiger partial charge in [-0.25, -0.2) is 4.39 Å². The number of aromatic nitrogens is 1. The third-order valence-corrected chi connectivity index (χ3v) is 5.70. The molecule has 1 aromatic carbocycles. The molecule has 158 valence electrons. The number of nitrogens with one attached hydrogen (secondary N) is 1. The molecule has 1 aromatic heterocycles. The van der Waals surface area contributed by atoms with Crippen molar-refractivity contribution in [3.8, 4) is 5.75 Å². The molecule has 2 amide bonds. The summed E-state index contributed by atoms with van der Waals surface area (Å²) in [4.78, 5) is 41.9. The van der Waals surface area contributed by atoms with Gasteiger partial charge in [-0.15, -0.1) is 0 Å². The first-order valence-corrected chi connectivity index (χ1v) is 9.83. The van der Waals surface area contributed by atoms with E-state index in [1.807, 2.05) is 13.8 Å². The average molecular weight is 414 g/mol. The summed E-state index contributed by atoms with van der Waals surface area (Å²) in [6, 6.07) is 5.84. The molecule has 1 fully saturated rings. The lowest BCUT2D eigenvalue weighted by atomic mass is 10.1. The highest BCUT2D eigenvalue weighted by molar-refractivity contribution is 5.99. The Hall–Kier alpha value is -3.20. The quantitative estimate of drug-likeness (QED) is 0.782. The standard InChI is InChI=1S/C21H23FN4O4/c1-12(2)25-7-8-26-16(25)11-24-10-15(18(27)19(28)17(24)21(26)30)20(29)23-9-13-3-5-14(22)6-4-13/h3-6,10,12,16,28H,7-9,11H2,1-2H3,(H,23,29). The van der Waals surface area contributed by atoms with E-state index in [0.29, 0.717) is 25.2 Å². The molecule has 0 bridgehead atoms. The largest absolute Gasteiger partial charge is 0.503 e. The minimum Gasteiger partial charge on any atom is -0.503 e. The monoisotopic (exact) mass is 414 g/mol. The van der Waals surface area contributed by atoms with Crippen molar-refractivity contribution >= 4 is 11.8 Å². The van der Waals surface area contributed by atoms with Crippen LogP contribution in [0.2, 0.25) is 0 Å². The maximum Gasteiger partial charge on any atom is 0.275 e. The van der Waals surface area contributed by atoms with Crippen LogP contribution >= 0.6 is 0 Å². The summed E-state index contributed by atoms with van der Waals surface area (Å²) in [6.45, 7) is 5.76. The summed E-state index contributed by atoms with van der Waals surface area (Å²) in [7, 11) is 0. The zero-order chi connectivity index (χ0) is 21.6. The van der Waals surface area contributed by atoms with Gasteiger partial charge in [0.25, 0.3) is 11.8 Å². The Bertz CT molecular complexity index is 1060. The molecule has 1 unspecified atom stereocenters. The van der Waals surface area contributed by atoms with Crippen LogP contribution in [0, 0.1) is 5.82 Å². The molecule has 9 heteroatoms. The van der Waals surface area contributed by atoms with Crippen molar-refractivity contribution in [2.45, 2.75) is 39.1 Å². The van der Waals surface area contributed by atoms with Crippen molar-refractivity contribution in [1.29, 1.82) is 0 Å². The number of carbonyl (C=O) groups excluding carboxylic acids is 2. The zero-order valence-electron chi connectivity index (χ0n) is 16.8. The molecular weight excluding hydrogens is 391 g/mol. The Kier molecular flexibility index (Phi) is 5.07. The van der Waals surface area contributed by atoms with Crippen molar-refractivity contribution in [3.63, 3.8) is 0 Å². The normalized spacial score (nSPS) is 18.5. The first kappa shape index (κ1) is 20.1. The van der Waals surface area contributed by atoms with Crippen LogP contribution in [-0.4, -0.2) is 56.6 Å². The van der Waals surface area contributed by atoms with Crippen LogP contribution in [0.5, 0.6) is 5.75 Å². The SMILES string of the molecule is CC(C)N1CCN2C(=O)c3c(O)c(=O)c(C(=O)NCc4ccc(F)cc4)cn3CC21. The molecule has 8 nitrogen and oxygen atoms in total. The third kappa shape index (κ3) is 3.35. The van der Waals surface area contributed by atoms with Crippen LogP contribution < -0.4 is 10.7 Å². The highest BCUT2D eigenvalue weighted by atomic mass is 19.1. The number of rotatable bonds is 4. The lowest BCUT2D eigenvalue weighted by molar-refractivity contribution is 0.0452. The number of halogens is 1. The number of pyridine rings is 1. The van der Waals surface area contributed by atoms with E-state index in [0.717, 1.165) is 0 Å². The maximum atomic E-state index is 13.0. The second kappa shape index (κ2) is 7.56. The van der Waals surface area contributed by atoms with Crippen LogP contribution in [-0.2, 0) is 13.1 Å². The van der Waals surface area contributed by atoms with Gasteiger partial charge in [0, 0.05) is 31.9 Å². The molecule has 1 atom stereocenters. The highest BCUT2D eigenvalue weighted by Gasteiger charge is 2.43. The van der Waals surface area contributed by atoms with E-state index >= 15 is 0 Å². The number of carbonyl (C=O) groups is 2. The molecular formula is C21H23FN4O4. The van der Waals surface area contributed by atoms with Gasteiger partial charge in [-0.1, -0.05) is 12.1 Å². The van der Waals surface area contributed by atoms with Crippen LogP contribution in [0.25, 0.3) is 0 Å². The molecule has 4 rings (SSSR count). The Morgan fingerprint density at radius 1 is 1.23 bits per heavy atom. The summed E-state index contributed by atoms with van der Waals surface area (Å²) in [5, 5.41) is 13.0. The molecule has 3 heterocycles. The second-order valence-corrected chi connectivity index (χ2v) is 7.84. The minimum absolute atomic E-state index is 0.0862. The van der Waals surface area contributed by atoms with Crippen molar-refractivity contribution in [2.75, 3.05) is 13.1 Å². The smallest absolute Gasteiger partial charge is 0.275 e. The Labute approximate surface area is 172 Å². The van der Waals surface area contributed by atoms with Gasteiger partial charge in [-0.3, -0.25) is 19.3 Å². The lowest BCUT2D eigenvalue weighted by Crippen LogP contribution is -2.52. The highest BCUT2D eigenvalue weighted by Crippen LogP contribution is 2.29. The van der Waals surface area contributed by atoms with E-state index in [2.05, 4.69) is 10.2 Å². The molecule has 2 N–H and O–H groups in total. The number of amides is 2. The molecule has 2 aromatic rings. The zero-order valence-corrected chi connectivity index (χ0v) is 16.8. The van der Waals surface area contributed by atoms with Crippen molar-refractivity contribution in [3.05, 3.63) is 63.3 Å². The first-order chi connectivity index (χ1) is 14.3. The topological polar surface area (TPSA) is 94.9 Å². The van der Waals surface area contributed by atoms with E-state index in [-0.39, 0.29) is 35.8 Å². The van der Waals surface area contributed by atoms with Gasteiger partial charge in [0.1, 0.15) is 17.5 Å². The minimum atomic E-state index is -0.885. The van der Waals surface area contributed by atoms with E-state index < -0.39 is 23.0 Å². The van der Waals surface area contributed by atoms with Crippen molar-refractivity contribution in [1.82, 2.24) is 19.7 Å². The summed E-state index contributed by atoms with van der Waals surface area (Å²) in [5.41, 5.74) is -0.549. The van der Waals surface area contributed by atoms with Crippen molar-refractivity contribution < 1.29 is 19.1 Å². The molecule has 0 radical (unpaired) electrons. The van der Waals surface area contributed by atoms with Crippen molar-refractivity contribution in [2.24, 2.45) is 0 Å².